The smallest absolute Gasteiger partial charge is 0.243 e. The average Bonchev–Trinajstić information content (AvgIpc) is 2.84. The summed E-state index contributed by atoms with van der Waals surface area (Å²) in [6.45, 7) is 4.28. The highest BCUT2D eigenvalue weighted by molar-refractivity contribution is 7.89. The fourth-order valence-electron chi connectivity index (χ4n) is 4.66. The molecule has 4 rings (SSSR count). The van der Waals surface area contributed by atoms with Gasteiger partial charge in [-0.1, -0.05) is 30.7 Å². The first-order chi connectivity index (χ1) is 15.9. The maximum Gasteiger partial charge on any atom is 0.243 e. The number of hydrogen-bond donors (Lipinski definition) is 1. The first-order valence-corrected chi connectivity index (χ1v) is 13.2. The Bertz CT molecular complexity index is 1040. The zero-order valence-electron chi connectivity index (χ0n) is 18.9. The Labute approximate surface area is 195 Å². The summed E-state index contributed by atoms with van der Waals surface area (Å²) in [5.41, 5.74) is 2.34. The minimum Gasteiger partial charge on any atom is -0.352 e. The van der Waals surface area contributed by atoms with Crippen LogP contribution in [0.5, 0.6) is 0 Å². The number of amides is 1. The summed E-state index contributed by atoms with van der Waals surface area (Å²) in [5, 5.41) is 3.03. The molecule has 0 bridgehead atoms. The molecule has 178 valence electrons. The third-order valence-electron chi connectivity index (χ3n) is 6.59. The number of carbonyl (C=O) groups excluding carboxylic acids is 1. The van der Waals surface area contributed by atoms with Gasteiger partial charge in [-0.15, -0.1) is 0 Å². The normalized spacial score (nSPS) is 18.8. The van der Waals surface area contributed by atoms with Crippen molar-refractivity contribution in [2.75, 3.05) is 26.2 Å². The lowest BCUT2D eigenvalue weighted by atomic mass is 9.97. The van der Waals surface area contributed by atoms with Crippen LogP contribution >= 0.6 is 0 Å². The molecule has 6 nitrogen and oxygen atoms in total. The van der Waals surface area contributed by atoms with Crippen LogP contribution in [0.4, 0.5) is 4.39 Å². The topological polar surface area (TPSA) is 69.7 Å². The van der Waals surface area contributed by atoms with Gasteiger partial charge < -0.3 is 5.32 Å². The van der Waals surface area contributed by atoms with Crippen LogP contribution in [0.15, 0.2) is 53.4 Å². The molecule has 0 aliphatic carbocycles. The number of likely N-dealkylation sites (tertiary alicyclic amines) is 1. The van der Waals surface area contributed by atoms with E-state index in [0.717, 1.165) is 37.3 Å². The van der Waals surface area contributed by atoms with Crippen molar-refractivity contribution in [3.8, 4) is 0 Å². The summed E-state index contributed by atoms with van der Waals surface area (Å²) in [5.74, 6) is -0.710. The number of halogens is 1. The maximum atomic E-state index is 13.1. The van der Waals surface area contributed by atoms with Gasteiger partial charge in [0.15, 0.2) is 0 Å². The number of sulfonamides is 1. The molecule has 2 aromatic carbocycles. The van der Waals surface area contributed by atoms with Crippen molar-refractivity contribution >= 4 is 15.9 Å². The molecular weight excluding hydrogens is 441 g/mol. The average molecular weight is 474 g/mol. The molecule has 0 unspecified atom stereocenters. The summed E-state index contributed by atoms with van der Waals surface area (Å²) in [6, 6.07) is 13.2. The van der Waals surface area contributed by atoms with Crippen LogP contribution in [-0.4, -0.2) is 49.7 Å². The highest BCUT2D eigenvalue weighted by Crippen LogP contribution is 2.24. The highest BCUT2D eigenvalue weighted by Gasteiger charge is 2.32. The maximum absolute atomic E-state index is 13.1. The van der Waals surface area contributed by atoms with E-state index >= 15 is 0 Å². The standard InChI is InChI=1S/C25H32FN3O3S/c26-23-7-9-24(10-8-23)33(31,32)29-15-11-22(12-16-29)25(30)27-18-20-5-4-6-21(17-20)19-28-13-2-1-3-14-28/h4-10,17,22H,1-3,11-16,18-19H2,(H,27,30). The van der Waals surface area contributed by atoms with Crippen molar-refractivity contribution in [1.82, 2.24) is 14.5 Å². The van der Waals surface area contributed by atoms with Crippen molar-refractivity contribution < 1.29 is 17.6 Å². The molecule has 2 aromatic rings. The first-order valence-electron chi connectivity index (χ1n) is 11.8. The molecule has 0 aromatic heterocycles. The second-order valence-electron chi connectivity index (χ2n) is 9.01. The minimum absolute atomic E-state index is 0.0322. The fourth-order valence-corrected chi connectivity index (χ4v) is 6.13. The highest BCUT2D eigenvalue weighted by atomic mass is 32.2. The van der Waals surface area contributed by atoms with Gasteiger partial charge >= 0.3 is 0 Å². The van der Waals surface area contributed by atoms with E-state index in [1.165, 1.54) is 41.3 Å². The predicted octanol–water partition coefficient (Wildman–Crippen LogP) is 3.53. The van der Waals surface area contributed by atoms with Gasteiger partial charge in [0.1, 0.15) is 5.82 Å². The quantitative estimate of drug-likeness (QED) is 0.668. The van der Waals surface area contributed by atoms with Gasteiger partial charge in [-0.25, -0.2) is 12.8 Å². The van der Waals surface area contributed by atoms with Crippen LogP contribution < -0.4 is 5.32 Å². The van der Waals surface area contributed by atoms with E-state index in [1.807, 2.05) is 12.1 Å². The van der Waals surface area contributed by atoms with Gasteiger partial charge in [-0.05, 0) is 74.2 Å². The zero-order valence-corrected chi connectivity index (χ0v) is 19.7. The molecule has 2 heterocycles. The van der Waals surface area contributed by atoms with Gasteiger partial charge in [0, 0.05) is 32.1 Å². The van der Waals surface area contributed by atoms with Gasteiger partial charge in [0.25, 0.3) is 0 Å². The van der Waals surface area contributed by atoms with Gasteiger partial charge in [0.05, 0.1) is 4.90 Å². The lowest BCUT2D eigenvalue weighted by Gasteiger charge is -2.30. The Morgan fingerprint density at radius 3 is 2.30 bits per heavy atom. The van der Waals surface area contributed by atoms with Crippen molar-refractivity contribution in [3.63, 3.8) is 0 Å². The third-order valence-corrected chi connectivity index (χ3v) is 8.50. The van der Waals surface area contributed by atoms with Crippen LogP contribution in [0.3, 0.4) is 0 Å². The Morgan fingerprint density at radius 1 is 0.939 bits per heavy atom. The van der Waals surface area contributed by atoms with E-state index in [9.17, 15) is 17.6 Å². The number of rotatable bonds is 7. The summed E-state index contributed by atoms with van der Waals surface area (Å²) < 4.78 is 40.0. The van der Waals surface area contributed by atoms with Gasteiger partial charge in [-0.2, -0.15) is 4.31 Å². The molecule has 8 heteroatoms. The molecule has 33 heavy (non-hydrogen) atoms. The molecule has 2 aliphatic heterocycles. The van der Waals surface area contributed by atoms with Crippen molar-refractivity contribution in [2.45, 2.75) is 50.1 Å². The van der Waals surface area contributed by atoms with Gasteiger partial charge in [-0.3, -0.25) is 9.69 Å². The molecule has 0 spiro atoms. The Hall–Kier alpha value is -2.29. The number of nitrogens with zero attached hydrogens (tertiary/aromatic N) is 2. The zero-order chi connectivity index (χ0) is 23.3. The van der Waals surface area contributed by atoms with E-state index in [4.69, 9.17) is 0 Å². The summed E-state index contributed by atoms with van der Waals surface area (Å²) >= 11 is 0. The Kier molecular flexibility index (Phi) is 7.78. The molecule has 2 aliphatic rings. The van der Waals surface area contributed by atoms with Crippen LogP contribution in [0.25, 0.3) is 0 Å². The van der Waals surface area contributed by atoms with E-state index in [1.54, 1.807) is 0 Å². The number of nitrogens with one attached hydrogen (secondary N) is 1. The number of hydrogen-bond acceptors (Lipinski definition) is 4. The van der Waals surface area contributed by atoms with Crippen molar-refractivity contribution in [3.05, 3.63) is 65.5 Å². The van der Waals surface area contributed by atoms with E-state index in [-0.39, 0.29) is 29.8 Å². The largest absolute Gasteiger partial charge is 0.352 e. The fraction of sp³-hybridized carbons (Fsp3) is 0.480. The lowest BCUT2D eigenvalue weighted by molar-refractivity contribution is -0.126. The van der Waals surface area contributed by atoms with Crippen LogP contribution in [-0.2, 0) is 27.9 Å². The monoisotopic (exact) mass is 473 g/mol. The Morgan fingerprint density at radius 2 is 1.61 bits per heavy atom. The SMILES string of the molecule is O=C(NCc1cccc(CN2CCCCC2)c1)C1CCN(S(=O)(=O)c2ccc(F)cc2)CC1. The molecule has 0 saturated carbocycles. The van der Waals surface area contributed by atoms with E-state index in [2.05, 4.69) is 22.3 Å². The second-order valence-corrected chi connectivity index (χ2v) is 10.9. The Balaban J connectivity index is 1.26. The molecule has 0 radical (unpaired) electrons. The molecule has 1 amide bonds. The molecule has 2 saturated heterocycles. The van der Waals surface area contributed by atoms with Crippen LogP contribution in [0.1, 0.15) is 43.2 Å². The summed E-state index contributed by atoms with van der Waals surface area (Å²) in [7, 11) is -3.67. The second kappa shape index (κ2) is 10.8. The number of piperidine rings is 2. The molecule has 1 N–H and O–H groups in total. The van der Waals surface area contributed by atoms with E-state index in [0.29, 0.717) is 19.4 Å². The van der Waals surface area contributed by atoms with Crippen LogP contribution in [0, 0.1) is 11.7 Å². The summed E-state index contributed by atoms with van der Waals surface area (Å²) in [6.07, 6.45) is 4.79. The van der Waals surface area contributed by atoms with Crippen LogP contribution in [0.2, 0.25) is 0 Å². The molecule has 2 fully saturated rings. The number of benzene rings is 2. The van der Waals surface area contributed by atoms with Crippen molar-refractivity contribution in [1.29, 1.82) is 0 Å². The van der Waals surface area contributed by atoms with Gasteiger partial charge in [0.2, 0.25) is 15.9 Å². The summed E-state index contributed by atoms with van der Waals surface area (Å²) in [4.78, 5) is 15.3. The predicted molar refractivity (Wildman–Crippen MR) is 125 cm³/mol. The first kappa shape index (κ1) is 23.9. The third kappa shape index (κ3) is 6.19. The minimum atomic E-state index is -3.67. The molecular formula is C25H32FN3O3S. The van der Waals surface area contributed by atoms with Crippen molar-refractivity contribution in [2.24, 2.45) is 5.92 Å². The van der Waals surface area contributed by atoms with E-state index < -0.39 is 15.8 Å². The molecule has 0 atom stereocenters. The lowest BCUT2D eigenvalue weighted by Crippen LogP contribution is -2.42. The number of carbonyl (C=O) groups is 1.